The Balaban J connectivity index is 0.00000163. The van der Waals surface area contributed by atoms with Gasteiger partial charge in [-0.05, 0) is 62.3 Å². The average Bonchev–Trinajstić information content (AvgIpc) is 2.80. The van der Waals surface area contributed by atoms with Gasteiger partial charge in [0.1, 0.15) is 5.78 Å². The lowest BCUT2D eigenvalue weighted by Gasteiger charge is -2.40. The third kappa shape index (κ3) is 5.81. The summed E-state index contributed by atoms with van der Waals surface area (Å²) in [6, 6.07) is 0. The molecule has 2 heteroatoms. The van der Waals surface area contributed by atoms with E-state index in [2.05, 4.69) is 47.3 Å². The maximum Gasteiger partial charge on any atom is 0.141 e. The maximum atomic E-state index is 12.6. The van der Waals surface area contributed by atoms with Crippen LogP contribution in [-0.4, -0.2) is 12.8 Å². The van der Waals surface area contributed by atoms with E-state index in [0.717, 1.165) is 24.7 Å². The molecule has 2 saturated carbocycles. The van der Waals surface area contributed by atoms with Gasteiger partial charge in [0.2, 0.25) is 0 Å². The van der Waals surface area contributed by atoms with Crippen molar-refractivity contribution in [2.75, 3.05) is 7.05 Å². The molecule has 0 aromatic heterocycles. The quantitative estimate of drug-likeness (QED) is 0.595. The number of carbonyl (C=O) groups is 1. The van der Waals surface area contributed by atoms with Gasteiger partial charge in [-0.3, -0.25) is 4.79 Å². The first kappa shape index (κ1) is 23.7. The summed E-state index contributed by atoms with van der Waals surface area (Å²) in [4.78, 5) is 12.6. The van der Waals surface area contributed by atoms with E-state index in [4.69, 9.17) is 0 Å². The number of ketones is 1. The Hall–Kier alpha value is -0.370. The fourth-order valence-corrected chi connectivity index (χ4v) is 6.04. The highest BCUT2D eigenvalue weighted by Gasteiger charge is 2.46. The highest BCUT2D eigenvalue weighted by Crippen LogP contribution is 2.48. The summed E-state index contributed by atoms with van der Waals surface area (Å²) in [5.74, 6) is 3.17. The standard InChI is InChI=1S/C23H42O.CH5N/c1-7-19-18(16-23(5,6)21(19)24)14-13-17(2)20-12-10-8-9-11-15-22(20,3)4;1-2/h17-20H,7-16H2,1-6H3;2H2,1H3. The number of hydrogen-bond acceptors (Lipinski definition) is 2. The van der Waals surface area contributed by atoms with Gasteiger partial charge in [-0.1, -0.05) is 73.6 Å². The van der Waals surface area contributed by atoms with Crippen LogP contribution in [0.4, 0.5) is 0 Å². The fraction of sp³-hybridized carbons (Fsp3) is 0.958. The van der Waals surface area contributed by atoms with Gasteiger partial charge >= 0.3 is 0 Å². The summed E-state index contributed by atoms with van der Waals surface area (Å²) in [5, 5.41) is 0. The molecule has 0 saturated heterocycles. The second kappa shape index (κ2) is 10.2. The van der Waals surface area contributed by atoms with Crippen LogP contribution in [0.5, 0.6) is 0 Å². The average molecular weight is 366 g/mol. The third-order valence-corrected chi connectivity index (χ3v) is 7.55. The van der Waals surface area contributed by atoms with Crippen molar-refractivity contribution in [2.45, 2.75) is 106 Å². The van der Waals surface area contributed by atoms with Crippen molar-refractivity contribution >= 4 is 5.78 Å². The predicted octanol–water partition coefficient (Wildman–Crippen LogP) is 6.62. The molecule has 0 spiro atoms. The Morgan fingerprint density at radius 3 is 2.31 bits per heavy atom. The number of carbonyl (C=O) groups excluding carboxylic acids is 1. The molecule has 2 nitrogen and oxygen atoms in total. The van der Waals surface area contributed by atoms with Crippen molar-refractivity contribution < 1.29 is 4.79 Å². The summed E-state index contributed by atoms with van der Waals surface area (Å²) in [7, 11) is 1.50. The number of Topliss-reactive ketones (excluding diaryl/α,β-unsaturated/α-hetero) is 1. The minimum absolute atomic E-state index is 0.0753. The van der Waals surface area contributed by atoms with Gasteiger partial charge in [0.15, 0.2) is 0 Å². The smallest absolute Gasteiger partial charge is 0.141 e. The van der Waals surface area contributed by atoms with Gasteiger partial charge in [0, 0.05) is 11.3 Å². The molecule has 154 valence electrons. The lowest BCUT2D eigenvalue weighted by molar-refractivity contribution is -0.127. The van der Waals surface area contributed by atoms with Crippen molar-refractivity contribution in [1.82, 2.24) is 0 Å². The van der Waals surface area contributed by atoms with Crippen LogP contribution in [-0.2, 0) is 4.79 Å². The van der Waals surface area contributed by atoms with E-state index in [1.165, 1.54) is 58.4 Å². The molecule has 2 aliphatic carbocycles. The zero-order valence-electron chi connectivity index (χ0n) is 18.9. The molecule has 0 amide bonds. The van der Waals surface area contributed by atoms with E-state index in [1.54, 1.807) is 0 Å². The van der Waals surface area contributed by atoms with Crippen LogP contribution in [0.2, 0.25) is 0 Å². The van der Waals surface area contributed by atoms with Gasteiger partial charge in [0.05, 0.1) is 0 Å². The van der Waals surface area contributed by atoms with E-state index in [-0.39, 0.29) is 5.41 Å². The first-order chi connectivity index (χ1) is 12.2. The molecule has 4 atom stereocenters. The summed E-state index contributed by atoms with van der Waals surface area (Å²) >= 11 is 0. The fourth-order valence-electron chi connectivity index (χ4n) is 6.04. The molecule has 0 aromatic rings. The predicted molar refractivity (Wildman–Crippen MR) is 114 cm³/mol. The summed E-state index contributed by atoms with van der Waals surface area (Å²) in [5.41, 5.74) is 4.92. The van der Waals surface area contributed by atoms with Crippen LogP contribution in [0, 0.1) is 34.5 Å². The lowest BCUT2D eigenvalue weighted by atomic mass is 9.65. The second-order valence-electron chi connectivity index (χ2n) is 10.3. The highest BCUT2D eigenvalue weighted by atomic mass is 16.1. The molecule has 4 unspecified atom stereocenters. The minimum atomic E-state index is -0.0753. The molecule has 2 rings (SSSR count). The molecule has 2 N–H and O–H groups in total. The van der Waals surface area contributed by atoms with Gasteiger partial charge in [-0.25, -0.2) is 0 Å². The van der Waals surface area contributed by atoms with E-state index < -0.39 is 0 Å². The van der Waals surface area contributed by atoms with Crippen molar-refractivity contribution in [3.63, 3.8) is 0 Å². The minimum Gasteiger partial charge on any atom is -0.333 e. The van der Waals surface area contributed by atoms with Gasteiger partial charge in [-0.2, -0.15) is 0 Å². The van der Waals surface area contributed by atoms with Gasteiger partial charge < -0.3 is 5.73 Å². The zero-order chi connectivity index (χ0) is 20.0. The Morgan fingerprint density at radius 2 is 1.69 bits per heavy atom. The molecule has 2 aliphatic rings. The van der Waals surface area contributed by atoms with Crippen LogP contribution in [0.25, 0.3) is 0 Å². The molecule has 26 heavy (non-hydrogen) atoms. The SMILES string of the molecule is CCC1C(=O)C(C)(C)CC1CCC(C)C1CCCCCCC1(C)C.CN. The molecule has 0 aromatic carbocycles. The Labute approximate surface area is 164 Å². The largest absolute Gasteiger partial charge is 0.333 e. The Kier molecular flexibility index (Phi) is 9.33. The molecular weight excluding hydrogens is 318 g/mol. The first-order valence-corrected chi connectivity index (χ1v) is 11.3. The van der Waals surface area contributed by atoms with E-state index in [1.807, 2.05) is 0 Å². The number of rotatable bonds is 5. The van der Waals surface area contributed by atoms with Crippen molar-refractivity contribution in [3.8, 4) is 0 Å². The molecule has 0 aliphatic heterocycles. The van der Waals surface area contributed by atoms with Crippen molar-refractivity contribution in [2.24, 2.45) is 40.2 Å². The van der Waals surface area contributed by atoms with Crippen LogP contribution in [0.3, 0.4) is 0 Å². The molecule has 0 heterocycles. The molecule has 0 radical (unpaired) electrons. The first-order valence-electron chi connectivity index (χ1n) is 11.3. The molecule has 2 fully saturated rings. The Bertz CT molecular complexity index is 426. The molecular formula is C24H47NO. The van der Waals surface area contributed by atoms with E-state index in [0.29, 0.717) is 23.0 Å². The maximum absolute atomic E-state index is 12.6. The van der Waals surface area contributed by atoms with E-state index in [9.17, 15) is 4.79 Å². The summed E-state index contributed by atoms with van der Waals surface area (Å²) in [6.07, 6.45) is 13.3. The van der Waals surface area contributed by atoms with Crippen molar-refractivity contribution in [1.29, 1.82) is 0 Å². The van der Waals surface area contributed by atoms with Crippen LogP contribution in [0.15, 0.2) is 0 Å². The van der Waals surface area contributed by atoms with Crippen molar-refractivity contribution in [3.05, 3.63) is 0 Å². The van der Waals surface area contributed by atoms with Crippen LogP contribution >= 0.6 is 0 Å². The number of nitrogens with two attached hydrogens (primary N) is 1. The Morgan fingerprint density at radius 1 is 1.08 bits per heavy atom. The third-order valence-electron chi connectivity index (χ3n) is 7.55. The normalized spacial score (nSPS) is 32.2. The number of hydrogen-bond donors (Lipinski definition) is 1. The van der Waals surface area contributed by atoms with Crippen LogP contribution < -0.4 is 5.73 Å². The monoisotopic (exact) mass is 365 g/mol. The molecule has 0 bridgehead atoms. The van der Waals surface area contributed by atoms with Crippen LogP contribution in [0.1, 0.15) is 106 Å². The van der Waals surface area contributed by atoms with Gasteiger partial charge in [0.25, 0.3) is 0 Å². The van der Waals surface area contributed by atoms with Gasteiger partial charge in [-0.15, -0.1) is 0 Å². The zero-order valence-corrected chi connectivity index (χ0v) is 18.9. The summed E-state index contributed by atoms with van der Waals surface area (Å²) in [6.45, 7) is 14.1. The van der Waals surface area contributed by atoms with E-state index >= 15 is 0 Å². The second-order valence-corrected chi connectivity index (χ2v) is 10.3. The topological polar surface area (TPSA) is 43.1 Å². The summed E-state index contributed by atoms with van der Waals surface area (Å²) < 4.78 is 0. The lowest BCUT2D eigenvalue weighted by Crippen LogP contribution is -2.31. The highest BCUT2D eigenvalue weighted by molar-refractivity contribution is 5.88.